The summed E-state index contributed by atoms with van der Waals surface area (Å²) in [7, 11) is -3.82. The molecule has 0 aliphatic heterocycles. The molecule has 5 N–H and O–H groups in total. The molecule has 4 aromatic rings. The molecule has 0 heterocycles. The molecule has 0 aliphatic rings. The van der Waals surface area contributed by atoms with Crippen LogP contribution >= 0.6 is 23.4 Å². The SMILES string of the molecule is NS(=O)(=O)c1ccc(NC(=O)CSc2cccc(NC(=O)/C(=C/c3ccc(Cl)cc3)NC(=O)c3ccccc3)c2)cc1. The van der Waals surface area contributed by atoms with Crippen LogP contribution in [0, 0.1) is 0 Å². The number of halogens is 1. The fraction of sp³-hybridized carbons (Fsp3) is 0.0333. The summed E-state index contributed by atoms with van der Waals surface area (Å²) in [6.07, 6.45) is 1.55. The number of hydrogen-bond donors (Lipinski definition) is 4. The third-order valence-corrected chi connectivity index (χ3v) is 7.81. The van der Waals surface area contributed by atoms with Crippen molar-refractivity contribution < 1.29 is 22.8 Å². The Bertz CT molecular complexity index is 1730. The molecule has 0 spiro atoms. The number of carbonyl (C=O) groups is 3. The van der Waals surface area contributed by atoms with Crippen molar-refractivity contribution in [3.63, 3.8) is 0 Å². The predicted molar refractivity (Wildman–Crippen MR) is 166 cm³/mol. The van der Waals surface area contributed by atoms with Crippen LogP contribution in [0.1, 0.15) is 15.9 Å². The molecule has 4 aromatic carbocycles. The average Bonchev–Trinajstić information content (AvgIpc) is 2.97. The van der Waals surface area contributed by atoms with E-state index in [2.05, 4.69) is 16.0 Å². The quantitative estimate of drug-likeness (QED) is 0.143. The Hall–Kier alpha value is -4.42. The first kappa shape index (κ1) is 30.5. The Balaban J connectivity index is 1.42. The van der Waals surface area contributed by atoms with Crippen molar-refractivity contribution in [2.45, 2.75) is 9.79 Å². The van der Waals surface area contributed by atoms with Gasteiger partial charge in [0.1, 0.15) is 5.70 Å². The van der Waals surface area contributed by atoms with Gasteiger partial charge in [-0.25, -0.2) is 13.6 Å². The summed E-state index contributed by atoms with van der Waals surface area (Å²) in [5.74, 6) is -1.24. The molecule has 12 heteroatoms. The number of thioether (sulfide) groups is 1. The van der Waals surface area contributed by atoms with E-state index in [1.54, 1.807) is 84.9 Å². The molecule has 0 saturated heterocycles. The first-order valence-electron chi connectivity index (χ1n) is 12.4. The normalized spacial score (nSPS) is 11.4. The Morgan fingerprint density at radius 2 is 1.50 bits per heavy atom. The van der Waals surface area contributed by atoms with Gasteiger partial charge in [0.2, 0.25) is 15.9 Å². The van der Waals surface area contributed by atoms with Crippen molar-refractivity contribution in [2.75, 3.05) is 16.4 Å². The fourth-order valence-corrected chi connectivity index (χ4v) is 5.00. The van der Waals surface area contributed by atoms with Crippen LogP contribution in [0.2, 0.25) is 5.02 Å². The number of carbonyl (C=O) groups excluding carboxylic acids is 3. The van der Waals surface area contributed by atoms with Gasteiger partial charge in [-0.05, 0) is 78.4 Å². The van der Waals surface area contributed by atoms with E-state index in [0.29, 0.717) is 32.4 Å². The van der Waals surface area contributed by atoms with Crippen molar-refractivity contribution in [3.8, 4) is 0 Å². The van der Waals surface area contributed by atoms with E-state index >= 15 is 0 Å². The Morgan fingerprint density at radius 3 is 2.17 bits per heavy atom. The van der Waals surface area contributed by atoms with Crippen molar-refractivity contribution >= 4 is 68.6 Å². The minimum atomic E-state index is -3.82. The maximum Gasteiger partial charge on any atom is 0.272 e. The van der Waals surface area contributed by atoms with Gasteiger partial charge in [-0.2, -0.15) is 0 Å². The molecular formula is C30H25ClN4O5S2. The van der Waals surface area contributed by atoms with Crippen molar-refractivity contribution in [3.05, 3.63) is 125 Å². The van der Waals surface area contributed by atoms with Crippen LogP contribution in [-0.2, 0) is 19.6 Å². The number of nitrogens with two attached hydrogens (primary N) is 1. The van der Waals surface area contributed by atoms with E-state index in [1.165, 1.54) is 36.0 Å². The van der Waals surface area contributed by atoms with Crippen LogP contribution in [0.25, 0.3) is 6.08 Å². The minimum Gasteiger partial charge on any atom is -0.325 e. The molecule has 42 heavy (non-hydrogen) atoms. The number of hydrogen-bond acceptors (Lipinski definition) is 6. The second-order valence-corrected chi connectivity index (χ2v) is 11.9. The van der Waals surface area contributed by atoms with E-state index < -0.39 is 21.8 Å². The zero-order valence-electron chi connectivity index (χ0n) is 21.9. The molecular weight excluding hydrogens is 596 g/mol. The van der Waals surface area contributed by atoms with Gasteiger partial charge in [0.05, 0.1) is 10.6 Å². The lowest BCUT2D eigenvalue weighted by Crippen LogP contribution is -2.30. The van der Waals surface area contributed by atoms with E-state index in [-0.39, 0.29) is 22.3 Å². The number of sulfonamides is 1. The molecule has 214 valence electrons. The summed E-state index contributed by atoms with van der Waals surface area (Å²) in [5.41, 5.74) is 1.96. The smallest absolute Gasteiger partial charge is 0.272 e. The molecule has 3 amide bonds. The third kappa shape index (κ3) is 9.05. The number of amides is 3. The predicted octanol–water partition coefficient (Wildman–Crippen LogP) is 5.13. The van der Waals surface area contributed by atoms with Crippen molar-refractivity contribution in [1.29, 1.82) is 0 Å². The molecule has 0 bridgehead atoms. The van der Waals surface area contributed by atoms with E-state index in [1.807, 2.05) is 0 Å². The van der Waals surface area contributed by atoms with Gasteiger partial charge in [0.15, 0.2) is 0 Å². The Kier molecular flexibility index (Phi) is 10.2. The van der Waals surface area contributed by atoms with Gasteiger partial charge in [0.25, 0.3) is 11.8 Å². The maximum absolute atomic E-state index is 13.3. The number of benzene rings is 4. The van der Waals surface area contributed by atoms with Crippen molar-refractivity contribution in [1.82, 2.24) is 5.32 Å². The monoisotopic (exact) mass is 620 g/mol. The third-order valence-electron chi connectivity index (χ3n) is 5.64. The lowest BCUT2D eigenvalue weighted by molar-refractivity contribution is -0.114. The van der Waals surface area contributed by atoms with Crippen LogP contribution in [-0.4, -0.2) is 31.9 Å². The van der Waals surface area contributed by atoms with Crippen LogP contribution in [0.5, 0.6) is 0 Å². The molecule has 0 unspecified atom stereocenters. The highest BCUT2D eigenvalue weighted by Crippen LogP contribution is 2.23. The molecule has 0 atom stereocenters. The summed E-state index contributed by atoms with van der Waals surface area (Å²) >= 11 is 7.22. The highest BCUT2D eigenvalue weighted by atomic mass is 35.5. The maximum atomic E-state index is 13.3. The molecule has 0 saturated carbocycles. The summed E-state index contributed by atoms with van der Waals surface area (Å²) in [6.45, 7) is 0. The summed E-state index contributed by atoms with van der Waals surface area (Å²) in [6, 6.07) is 27.8. The standard InChI is InChI=1S/C30H25ClN4O5S2/c31-22-11-9-20(10-12-22)17-27(35-29(37)21-5-2-1-3-6-21)30(38)34-24-7-4-8-25(18-24)41-19-28(36)33-23-13-15-26(16-14-23)42(32,39)40/h1-18H,19H2,(H,33,36)(H,34,38)(H,35,37)(H2,32,39,40)/b27-17-. The van der Waals surface area contributed by atoms with Gasteiger partial charge in [0, 0.05) is 26.9 Å². The lowest BCUT2D eigenvalue weighted by atomic mass is 10.1. The second kappa shape index (κ2) is 14.0. The average molecular weight is 621 g/mol. The number of nitrogens with one attached hydrogen (secondary N) is 3. The molecule has 0 aromatic heterocycles. The van der Waals surface area contributed by atoms with E-state index in [9.17, 15) is 22.8 Å². The van der Waals surface area contributed by atoms with Crippen LogP contribution in [0.4, 0.5) is 11.4 Å². The number of primary sulfonamides is 1. The summed E-state index contributed by atoms with van der Waals surface area (Å²) < 4.78 is 22.8. The summed E-state index contributed by atoms with van der Waals surface area (Å²) in [4.78, 5) is 39.2. The molecule has 9 nitrogen and oxygen atoms in total. The van der Waals surface area contributed by atoms with Crippen LogP contribution < -0.4 is 21.1 Å². The molecule has 0 fully saturated rings. The van der Waals surface area contributed by atoms with Crippen LogP contribution in [0.3, 0.4) is 0 Å². The largest absolute Gasteiger partial charge is 0.325 e. The van der Waals surface area contributed by atoms with Crippen molar-refractivity contribution in [2.24, 2.45) is 5.14 Å². The second-order valence-electron chi connectivity index (χ2n) is 8.82. The van der Waals surface area contributed by atoms with E-state index in [0.717, 1.165) is 0 Å². The zero-order chi connectivity index (χ0) is 30.1. The van der Waals surface area contributed by atoms with Gasteiger partial charge >= 0.3 is 0 Å². The lowest BCUT2D eigenvalue weighted by Gasteiger charge is -2.12. The highest BCUT2D eigenvalue weighted by Gasteiger charge is 2.16. The van der Waals surface area contributed by atoms with Crippen LogP contribution in [0.15, 0.2) is 119 Å². The Labute approximate surface area is 252 Å². The van der Waals surface area contributed by atoms with Gasteiger partial charge in [-0.3, -0.25) is 14.4 Å². The first-order valence-corrected chi connectivity index (χ1v) is 15.3. The molecule has 0 aliphatic carbocycles. The Morgan fingerprint density at radius 1 is 0.810 bits per heavy atom. The number of rotatable bonds is 10. The van der Waals surface area contributed by atoms with Gasteiger partial charge < -0.3 is 16.0 Å². The number of anilines is 2. The van der Waals surface area contributed by atoms with Gasteiger partial charge in [-0.15, -0.1) is 11.8 Å². The zero-order valence-corrected chi connectivity index (χ0v) is 24.3. The first-order chi connectivity index (χ1) is 20.1. The van der Waals surface area contributed by atoms with E-state index in [4.69, 9.17) is 16.7 Å². The molecule has 0 radical (unpaired) electrons. The topological polar surface area (TPSA) is 147 Å². The highest BCUT2D eigenvalue weighted by molar-refractivity contribution is 8.00. The molecule has 4 rings (SSSR count). The minimum absolute atomic E-state index is 0.0251. The summed E-state index contributed by atoms with van der Waals surface area (Å²) in [5, 5.41) is 13.8. The van der Waals surface area contributed by atoms with Gasteiger partial charge in [-0.1, -0.05) is 48.0 Å². The fourth-order valence-electron chi connectivity index (χ4n) is 3.60.